The number of hydrogen-bond donors (Lipinski definition) is 0. The molecular weight excluding hydrogens is 262 g/mol. The zero-order valence-electron chi connectivity index (χ0n) is 11.3. The summed E-state index contributed by atoms with van der Waals surface area (Å²) in [5.74, 6) is 3.06. The van der Waals surface area contributed by atoms with Crippen molar-refractivity contribution in [3.8, 4) is 5.88 Å². The van der Waals surface area contributed by atoms with Crippen LogP contribution < -0.4 is 4.74 Å². The molecule has 19 heavy (non-hydrogen) atoms. The van der Waals surface area contributed by atoms with E-state index in [1.165, 1.54) is 12.8 Å². The molecule has 102 valence electrons. The van der Waals surface area contributed by atoms with Gasteiger partial charge in [0.2, 0.25) is 5.88 Å². The van der Waals surface area contributed by atoms with Gasteiger partial charge in [-0.2, -0.15) is 4.98 Å². The first-order chi connectivity index (χ1) is 9.22. The summed E-state index contributed by atoms with van der Waals surface area (Å²) in [5, 5.41) is 0. The lowest BCUT2D eigenvalue weighted by Crippen LogP contribution is -2.26. The largest absolute Gasteiger partial charge is 0.481 e. The van der Waals surface area contributed by atoms with Crippen LogP contribution in [0, 0.1) is 5.92 Å². The Balaban J connectivity index is 2.10. The van der Waals surface area contributed by atoms with Crippen molar-refractivity contribution in [2.24, 2.45) is 5.92 Å². The minimum Gasteiger partial charge on any atom is -0.481 e. The Bertz CT molecular complexity index is 590. The van der Waals surface area contributed by atoms with Gasteiger partial charge in [-0.1, -0.05) is 6.92 Å². The molecule has 0 bridgehead atoms. The summed E-state index contributed by atoms with van der Waals surface area (Å²) in [6, 6.07) is 4.34. The van der Waals surface area contributed by atoms with E-state index in [4.69, 9.17) is 16.3 Å². The van der Waals surface area contributed by atoms with Gasteiger partial charge in [0.15, 0.2) is 5.65 Å². The standard InChI is InChI=1S/C14H18ClN3O/c1-9-7-10(8-9)18-12(5-6-15)16-11-3-4-13(19-2)17-14(11)18/h3-4,9-10H,5-8H2,1-2H3. The van der Waals surface area contributed by atoms with Gasteiger partial charge in [-0.15, -0.1) is 11.6 Å². The molecule has 2 aromatic rings. The minimum absolute atomic E-state index is 0.512. The Hall–Kier alpha value is -1.29. The van der Waals surface area contributed by atoms with Gasteiger partial charge in [0.05, 0.1) is 7.11 Å². The zero-order chi connectivity index (χ0) is 13.4. The van der Waals surface area contributed by atoms with E-state index in [9.17, 15) is 0 Å². The van der Waals surface area contributed by atoms with Crippen LogP contribution in [-0.4, -0.2) is 27.5 Å². The highest BCUT2D eigenvalue weighted by Gasteiger charge is 2.30. The van der Waals surface area contributed by atoms with Crippen molar-refractivity contribution in [2.75, 3.05) is 13.0 Å². The van der Waals surface area contributed by atoms with E-state index in [-0.39, 0.29) is 0 Å². The van der Waals surface area contributed by atoms with Gasteiger partial charge < -0.3 is 9.30 Å². The highest BCUT2D eigenvalue weighted by molar-refractivity contribution is 6.17. The average Bonchev–Trinajstić information content (AvgIpc) is 2.72. The molecule has 1 saturated carbocycles. The first-order valence-electron chi connectivity index (χ1n) is 6.70. The summed E-state index contributed by atoms with van der Waals surface area (Å²) in [5.41, 5.74) is 1.86. The van der Waals surface area contributed by atoms with Crippen molar-refractivity contribution in [3.63, 3.8) is 0 Å². The van der Waals surface area contributed by atoms with E-state index in [0.29, 0.717) is 17.8 Å². The summed E-state index contributed by atoms with van der Waals surface area (Å²) in [4.78, 5) is 9.23. The van der Waals surface area contributed by atoms with Crippen molar-refractivity contribution in [1.82, 2.24) is 14.5 Å². The van der Waals surface area contributed by atoms with Gasteiger partial charge in [0, 0.05) is 24.4 Å². The summed E-state index contributed by atoms with van der Waals surface area (Å²) in [6.07, 6.45) is 3.17. The molecule has 0 spiro atoms. The fraction of sp³-hybridized carbons (Fsp3) is 0.571. The van der Waals surface area contributed by atoms with Crippen LogP contribution in [0.15, 0.2) is 12.1 Å². The second-order valence-electron chi connectivity index (χ2n) is 5.26. The third-order valence-corrected chi connectivity index (χ3v) is 4.02. The lowest BCUT2D eigenvalue weighted by atomic mass is 9.81. The molecule has 1 aliphatic rings. The molecule has 3 rings (SSSR count). The number of alkyl halides is 1. The summed E-state index contributed by atoms with van der Waals surface area (Å²) in [6.45, 7) is 2.28. The second-order valence-corrected chi connectivity index (χ2v) is 5.64. The highest BCUT2D eigenvalue weighted by Crippen LogP contribution is 2.40. The number of ether oxygens (including phenoxy) is 1. The number of pyridine rings is 1. The van der Waals surface area contributed by atoms with E-state index < -0.39 is 0 Å². The minimum atomic E-state index is 0.512. The Kier molecular flexibility index (Phi) is 3.35. The molecule has 0 atom stereocenters. The number of aromatic nitrogens is 3. The van der Waals surface area contributed by atoms with E-state index in [1.54, 1.807) is 7.11 Å². The summed E-state index contributed by atoms with van der Waals surface area (Å²) >= 11 is 5.89. The molecule has 0 N–H and O–H groups in total. The number of rotatable bonds is 4. The van der Waals surface area contributed by atoms with Crippen molar-refractivity contribution in [1.29, 1.82) is 0 Å². The van der Waals surface area contributed by atoms with Gasteiger partial charge in [0.1, 0.15) is 11.3 Å². The normalized spacial score (nSPS) is 22.5. The van der Waals surface area contributed by atoms with E-state index in [0.717, 1.165) is 29.3 Å². The molecule has 1 aliphatic carbocycles. The van der Waals surface area contributed by atoms with Gasteiger partial charge in [-0.3, -0.25) is 0 Å². The SMILES string of the molecule is COc1ccc2nc(CCCl)n(C3CC(C)C3)c2n1. The quantitative estimate of drug-likeness (QED) is 0.807. The predicted molar refractivity (Wildman–Crippen MR) is 75.9 cm³/mol. The van der Waals surface area contributed by atoms with E-state index in [2.05, 4.69) is 21.5 Å². The van der Waals surface area contributed by atoms with Crippen LogP contribution in [-0.2, 0) is 6.42 Å². The van der Waals surface area contributed by atoms with Crippen molar-refractivity contribution >= 4 is 22.8 Å². The molecule has 0 radical (unpaired) electrons. The van der Waals surface area contributed by atoms with E-state index in [1.807, 2.05) is 12.1 Å². The van der Waals surface area contributed by atoms with Crippen molar-refractivity contribution < 1.29 is 4.74 Å². The zero-order valence-corrected chi connectivity index (χ0v) is 12.0. The number of methoxy groups -OCH3 is 1. The maximum absolute atomic E-state index is 5.89. The van der Waals surface area contributed by atoms with Crippen LogP contribution in [0.3, 0.4) is 0 Å². The van der Waals surface area contributed by atoms with Gasteiger partial charge in [-0.25, -0.2) is 4.98 Å². The smallest absolute Gasteiger partial charge is 0.215 e. The fourth-order valence-electron chi connectivity index (χ4n) is 2.83. The molecule has 5 heteroatoms. The monoisotopic (exact) mass is 279 g/mol. The number of aryl methyl sites for hydroxylation is 1. The number of hydrogen-bond acceptors (Lipinski definition) is 3. The number of imidazole rings is 1. The van der Waals surface area contributed by atoms with Gasteiger partial charge >= 0.3 is 0 Å². The van der Waals surface area contributed by atoms with Gasteiger partial charge in [0.25, 0.3) is 0 Å². The molecule has 0 unspecified atom stereocenters. The number of nitrogens with zero attached hydrogens (tertiary/aromatic N) is 3. The lowest BCUT2D eigenvalue weighted by molar-refractivity contribution is 0.216. The molecule has 0 aliphatic heterocycles. The molecule has 2 heterocycles. The topological polar surface area (TPSA) is 39.9 Å². The number of fused-ring (bicyclic) bond motifs is 1. The Labute approximate surface area is 117 Å². The van der Waals surface area contributed by atoms with Crippen LogP contribution in [0.2, 0.25) is 0 Å². The second kappa shape index (κ2) is 5.00. The molecule has 0 aromatic carbocycles. The first kappa shape index (κ1) is 12.7. The fourth-order valence-corrected chi connectivity index (χ4v) is 3.00. The molecule has 0 saturated heterocycles. The Morgan fingerprint density at radius 2 is 2.16 bits per heavy atom. The lowest BCUT2D eigenvalue weighted by Gasteiger charge is -2.34. The molecule has 4 nitrogen and oxygen atoms in total. The number of halogens is 1. The molecular formula is C14H18ClN3O. The first-order valence-corrected chi connectivity index (χ1v) is 7.24. The summed E-state index contributed by atoms with van der Waals surface area (Å²) in [7, 11) is 1.64. The van der Waals surface area contributed by atoms with Gasteiger partial charge in [-0.05, 0) is 24.8 Å². The van der Waals surface area contributed by atoms with Crippen molar-refractivity contribution in [2.45, 2.75) is 32.2 Å². The van der Waals surface area contributed by atoms with Crippen LogP contribution in [0.1, 0.15) is 31.6 Å². The average molecular weight is 280 g/mol. The van der Waals surface area contributed by atoms with Crippen LogP contribution in [0.5, 0.6) is 5.88 Å². The Morgan fingerprint density at radius 1 is 1.37 bits per heavy atom. The predicted octanol–water partition coefficient (Wildman–Crippen LogP) is 3.19. The Morgan fingerprint density at radius 3 is 2.79 bits per heavy atom. The van der Waals surface area contributed by atoms with Crippen LogP contribution >= 0.6 is 11.6 Å². The molecule has 2 aromatic heterocycles. The van der Waals surface area contributed by atoms with Crippen LogP contribution in [0.4, 0.5) is 0 Å². The summed E-state index contributed by atoms with van der Waals surface area (Å²) < 4.78 is 7.48. The van der Waals surface area contributed by atoms with E-state index >= 15 is 0 Å². The van der Waals surface area contributed by atoms with Crippen molar-refractivity contribution in [3.05, 3.63) is 18.0 Å². The molecule has 1 fully saturated rings. The third-order valence-electron chi connectivity index (χ3n) is 3.83. The highest BCUT2D eigenvalue weighted by atomic mass is 35.5. The maximum atomic E-state index is 5.89. The maximum Gasteiger partial charge on any atom is 0.215 e. The molecule has 0 amide bonds. The third kappa shape index (κ3) is 2.18. The van der Waals surface area contributed by atoms with Crippen LogP contribution in [0.25, 0.3) is 11.2 Å².